The Morgan fingerprint density at radius 2 is 1.53 bits per heavy atom. The van der Waals surface area contributed by atoms with Crippen LogP contribution in [0.1, 0.15) is 39.8 Å². The van der Waals surface area contributed by atoms with Crippen LogP contribution in [0.15, 0.2) is 48.5 Å². The number of esters is 1. The van der Waals surface area contributed by atoms with E-state index < -0.39 is 0 Å². The summed E-state index contributed by atoms with van der Waals surface area (Å²) < 4.78 is 17.8. The largest absolute Gasteiger partial charge is 0.497 e. The molecule has 2 aromatic carbocycles. The summed E-state index contributed by atoms with van der Waals surface area (Å²) in [7, 11) is 3.32. The minimum atomic E-state index is -0.358. The predicted molar refractivity (Wildman–Crippen MR) is 121 cm³/mol. The van der Waals surface area contributed by atoms with Crippen LogP contribution in [0.3, 0.4) is 0 Å². The second-order valence-electron chi connectivity index (χ2n) is 7.81. The van der Waals surface area contributed by atoms with Gasteiger partial charge in [-0.05, 0) is 42.3 Å². The van der Waals surface area contributed by atoms with Crippen molar-refractivity contribution in [3.8, 4) is 11.5 Å². The van der Waals surface area contributed by atoms with E-state index in [0.29, 0.717) is 25.4 Å². The molecule has 0 amide bonds. The molecule has 0 atom stereocenters. The summed E-state index contributed by atoms with van der Waals surface area (Å²) in [5.41, 5.74) is 4.81. The first kappa shape index (κ1) is 21.9. The Labute approximate surface area is 188 Å². The first-order chi connectivity index (χ1) is 15.6. The maximum Gasteiger partial charge on any atom is 0.359 e. The summed E-state index contributed by atoms with van der Waals surface area (Å²) in [5, 5.41) is 4.68. The van der Waals surface area contributed by atoms with Crippen LogP contribution in [-0.4, -0.2) is 48.0 Å². The van der Waals surface area contributed by atoms with Crippen molar-refractivity contribution < 1.29 is 19.0 Å². The molecule has 0 aliphatic carbocycles. The molecule has 0 saturated carbocycles. The smallest absolute Gasteiger partial charge is 0.359 e. The lowest BCUT2D eigenvalue weighted by atomic mass is 10.0. The molecule has 0 fully saturated rings. The minimum absolute atomic E-state index is 0.328. The highest BCUT2D eigenvalue weighted by Gasteiger charge is 2.29. The minimum Gasteiger partial charge on any atom is -0.497 e. The van der Waals surface area contributed by atoms with E-state index in [2.05, 4.69) is 22.1 Å². The van der Waals surface area contributed by atoms with Crippen molar-refractivity contribution in [2.75, 3.05) is 27.4 Å². The SMILES string of the molecule is CCOC(=O)c1nn(Cc2ccc(OC)cc2)c2c1CN(Cc1ccc(OC)cc1)CC2. The lowest BCUT2D eigenvalue weighted by Gasteiger charge is -2.27. The summed E-state index contributed by atoms with van der Waals surface area (Å²) in [6.07, 6.45) is 0.827. The van der Waals surface area contributed by atoms with Crippen LogP contribution in [0.2, 0.25) is 0 Å². The van der Waals surface area contributed by atoms with Gasteiger partial charge in [0, 0.05) is 37.3 Å². The van der Waals surface area contributed by atoms with Crippen LogP contribution in [0.5, 0.6) is 11.5 Å². The van der Waals surface area contributed by atoms with Crippen molar-refractivity contribution in [2.24, 2.45) is 0 Å². The van der Waals surface area contributed by atoms with Crippen LogP contribution in [-0.2, 0) is 30.8 Å². The van der Waals surface area contributed by atoms with E-state index in [1.165, 1.54) is 5.56 Å². The number of methoxy groups -OCH3 is 2. The number of hydrogen-bond acceptors (Lipinski definition) is 6. The Morgan fingerprint density at radius 1 is 0.938 bits per heavy atom. The van der Waals surface area contributed by atoms with Gasteiger partial charge in [0.25, 0.3) is 0 Å². The fraction of sp³-hybridized carbons (Fsp3) is 0.360. The summed E-state index contributed by atoms with van der Waals surface area (Å²) in [6.45, 7) is 5.11. The zero-order valence-electron chi connectivity index (χ0n) is 18.8. The topological polar surface area (TPSA) is 65.8 Å². The van der Waals surface area contributed by atoms with Gasteiger partial charge in [-0.15, -0.1) is 0 Å². The third-order valence-electron chi connectivity index (χ3n) is 5.74. The molecule has 0 saturated heterocycles. The molecule has 0 bridgehead atoms. The molecule has 32 heavy (non-hydrogen) atoms. The van der Waals surface area contributed by atoms with Crippen molar-refractivity contribution in [2.45, 2.75) is 33.0 Å². The monoisotopic (exact) mass is 435 g/mol. The van der Waals surface area contributed by atoms with E-state index in [1.54, 1.807) is 14.2 Å². The third kappa shape index (κ3) is 4.78. The standard InChI is InChI=1S/C25H29N3O4/c1-4-32-25(29)24-22-17-27(15-18-5-9-20(30-2)10-6-18)14-13-23(22)28(26-24)16-19-7-11-21(31-3)12-8-19/h5-12H,4,13-17H2,1-3H3. The molecule has 0 N–H and O–H groups in total. The highest BCUT2D eigenvalue weighted by molar-refractivity contribution is 5.89. The predicted octanol–water partition coefficient (Wildman–Crippen LogP) is 3.68. The molecule has 7 heteroatoms. The van der Waals surface area contributed by atoms with Crippen molar-refractivity contribution in [3.63, 3.8) is 0 Å². The molecule has 0 unspecified atom stereocenters. The molecule has 7 nitrogen and oxygen atoms in total. The molecule has 0 spiro atoms. The van der Waals surface area contributed by atoms with Gasteiger partial charge < -0.3 is 14.2 Å². The number of aromatic nitrogens is 2. The number of benzene rings is 2. The number of carbonyl (C=O) groups is 1. The van der Waals surface area contributed by atoms with E-state index in [4.69, 9.17) is 14.2 Å². The first-order valence-corrected chi connectivity index (χ1v) is 10.8. The highest BCUT2D eigenvalue weighted by Crippen LogP contribution is 2.26. The summed E-state index contributed by atoms with van der Waals surface area (Å²) >= 11 is 0. The number of ether oxygens (including phenoxy) is 3. The Bertz CT molecular complexity index is 1060. The fourth-order valence-electron chi connectivity index (χ4n) is 4.07. The Hall–Kier alpha value is -3.32. The number of carbonyl (C=O) groups excluding carboxylic acids is 1. The van der Waals surface area contributed by atoms with Crippen molar-refractivity contribution in [1.29, 1.82) is 0 Å². The van der Waals surface area contributed by atoms with Crippen LogP contribution in [0.4, 0.5) is 0 Å². The third-order valence-corrected chi connectivity index (χ3v) is 5.74. The van der Waals surface area contributed by atoms with Crippen LogP contribution >= 0.6 is 0 Å². The Balaban J connectivity index is 1.57. The van der Waals surface area contributed by atoms with E-state index in [0.717, 1.165) is 47.8 Å². The molecule has 1 aliphatic rings. The number of hydrogen-bond donors (Lipinski definition) is 0. The zero-order chi connectivity index (χ0) is 22.5. The number of nitrogens with zero attached hydrogens (tertiary/aromatic N) is 3. The normalized spacial score (nSPS) is 13.5. The lowest BCUT2D eigenvalue weighted by Crippen LogP contribution is -2.31. The molecular weight excluding hydrogens is 406 g/mol. The van der Waals surface area contributed by atoms with Gasteiger partial charge in [0.1, 0.15) is 11.5 Å². The van der Waals surface area contributed by atoms with Crippen molar-refractivity contribution >= 4 is 5.97 Å². The van der Waals surface area contributed by atoms with Gasteiger partial charge >= 0.3 is 5.97 Å². The number of fused-ring (bicyclic) bond motifs is 1. The summed E-state index contributed by atoms with van der Waals surface area (Å²) in [6, 6.07) is 16.0. The lowest BCUT2D eigenvalue weighted by molar-refractivity contribution is 0.0515. The van der Waals surface area contributed by atoms with E-state index >= 15 is 0 Å². The van der Waals surface area contributed by atoms with E-state index in [-0.39, 0.29) is 5.97 Å². The first-order valence-electron chi connectivity index (χ1n) is 10.8. The van der Waals surface area contributed by atoms with Crippen molar-refractivity contribution in [1.82, 2.24) is 14.7 Å². The molecule has 168 valence electrons. The summed E-state index contributed by atoms with van der Waals surface area (Å²) in [4.78, 5) is 15.0. The van der Waals surface area contributed by atoms with Crippen LogP contribution < -0.4 is 9.47 Å². The van der Waals surface area contributed by atoms with Crippen molar-refractivity contribution in [3.05, 3.63) is 76.6 Å². The van der Waals surface area contributed by atoms with Crippen LogP contribution in [0.25, 0.3) is 0 Å². The molecule has 1 aromatic heterocycles. The average molecular weight is 436 g/mol. The van der Waals surface area contributed by atoms with Gasteiger partial charge in [-0.1, -0.05) is 24.3 Å². The molecule has 3 aromatic rings. The van der Waals surface area contributed by atoms with Gasteiger partial charge in [0.2, 0.25) is 0 Å². The van der Waals surface area contributed by atoms with Gasteiger partial charge in [-0.25, -0.2) is 4.79 Å². The van der Waals surface area contributed by atoms with Gasteiger partial charge in [0.15, 0.2) is 5.69 Å². The average Bonchev–Trinajstić information content (AvgIpc) is 3.18. The fourth-order valence-corrected chi connectivity index (χ4v) is 4.07. The molecule has 1 aliphatic heterocycles. The number of rotatable bonds is 8. The second kappa shape index (κ2) is 9.87. The zero-order valence-corrected chi connectivity index (χ0v) is 18.8. The molecule has 2 heterocycles. The second-order valence-corrected chi connectivity index (χ2v) is 7.81. The summed E-state index contributed by atoms with van der Waals surface area (Å²) in [5.74, 6) is 1.31. The highest BCUT2D eigenvalue weighted by atomic mass is 16.5. The molecule has 0 radical (unpaired) electrons. The van der Waals surface area contributed by atoms with Gasteiger partial charge in [0.05, 0.1) is 27.4 Å². The van der Waals surface area contributed by atoms with Gasteiger partial charge in [-0.3, -0.25) is 9.58 Å². The Kier molecular flexibility index (Phi) is 6.75. The van der Waals surface area contributed by atoms with Crippen LogP contribution in [0, 0.1) is 0 Å². The van der Waals surface area contributed by atoms with E-state index in [1.807, 2.05) is 48.0 Å². The van der Waals surface area contributed by atoms with Gasteiger partial charge in [-0.2, -0.15) is 5.10 Å². The quantitative estimate of drug-likeness (QED) is 0.503. The van der Waals surface area contributed by atoms with E-state index in [9.17, 15) is 4.79 Å². The maximum atomic E-state index is 12.7. The Morgan fingerprint density at radius 3 is 2.09 bits per heavy atom. The molecular formula is C25H29N3O4. The maximum absolute atomic E-state index is 12.7. The molecule has 4 rings (SSSR count).